The number of aromatic amines is 1. The molecule has 2 aliphatic rings. The number of halogens is 3. The van der Waals surface area contributed by atoms with Crippen molar-refractivity contribution < 1.29 is 27.5 Å². The number of fused-ring (bicyclic) bond motifs is 2. The van der Waals surface area contributed by atoms with Gasteiger partial charge in [-0.2, -0.15) is 13.9 Å². The van der Waals surface area contributed by atoms with Crippen LogP contribution in [0.25, 0.3) is 10.9 Å². The zero-order chi connectivity index (χ0) is 23.3. The van der Waals surface area contributed by atoms with Crippen LogP contribution in [0.4, 0.5) is 13.2 Å². The Kier molecular flexibility index (Phi) is 5.15. The van der Waals surface area contributed by atoms with Crippen LogP contribution >= 0.6 is 0 Å². The summed E-state index contributed by atoms with van der Waals surface area (Å²) in [6.45, 7) is -0.544. The van der Waals surface area contributed by atoms with Gasteiger partial charge in [0.25, 0.3) is 11.8 Å². The summed E-state index contributed by atoms with van der Waals surface area (Å²) < 4.78 is 44.7. The monoisotopic (exact) mass is 461 g/mol. The Balaban J connectivity index is 1.33. The van der Waals surface area contributed by atoms with Gasteiger partial charge in [-0.3, -0.25) is 14.3 Å². The number of H-pyrrole nitrogens is 1. The maximum Gasteiger partial charge on any atom is 0.345 e. The van der Waals surface area contributed by atoms with E-state index in [0.717, 1.165) is 0 Å². The number of ether oxygens (including phenoxy) is 1. The summed E-state index contributed by atoms with van der Waals surface area (Å²) in [6, 6.07) is 4.58. The fourth-order valence-electron chi connectivity index (χ4n) is 4.20. The van der Waals surface area contributed by atoms with Crippen LogP contribution in [0.1, 0.15) is 44.9 Å². The Hall–Kier alpha value is -3.34. The molecule has 1 aliphatic carbocycles. The molecular formula is C22H22F3N5O3. The molecular weight excluding hydrogens is 439 g/mol. The number of hydrogen-bond donors (Lipinski definition) is 2. The summed E-state index contributed by atoms with van der Waals surface area (Å²) in [7, 11) is 0. The Morgan fingerprint density at radius 2 is 2.09 bits per heavy atom. The molecule has 1 aromatic carbocycles. The van der Waals surface area contributed by atoms with Crippen molar-refractivity contribution in [3.8, 4) is 0 Å². The zero-order valence-electron chi connectivity index (χ0n) is 17.8. The van der Waals surface area contributed by atoms with Gasteiger partial charge in [0, 0.05) is 17.4 Å². The second kappa shape index (κ2) is 7.91. The molecule has 0 atom stereocenters. The van der Waals surface area contributed by atoms with Gasteiger partial charge < -0.3 is 19.9 Å². The number of hydrogen-bond acceptors (Lipinski definition) is 4. The van der Waals surface area contributed by atoms with E-state index in [1.54, 1.807) is 28.6 Å². The molecule has 3 aromatic rings. The lowest BCUT2D eigenvalue weighted by Crippen LogP contribution is -2.42. The number of nitrogens with zero attached hydrogens (tertiary/aromatic N) is 3. The van der Waals surface area contributed by atoms with E-state index in [1.807, 2.05) is 0 Å². The van der Waals surface area contributed by atoms with E-state index >= 15 is 0 Å². The van der Waals surface area contributed by atoms with Gasteiger partial charge in [-0.15, -0.1) is 0 Å². The van der Waals surface area contributed by atoms with Crippen molar-refractivity contribution in [3.05, 3.63) is 52.7 Å². The molecule has 33 heavy (non-hydrogen) atoms. The van der Waals surface area contributed by atoms with Gasteiger partial charge in [-0.1, -0.05) is 0 Å². The van der Waals surface area contributed by atoms with Crippen LogP contribution < -0.4 is 5.32 Å². The number of benzene rings is 1. The molecule has 0 unspecified atom stereocenters. The smallest absolute Gasteiger partial charge is 0.345 e. The van der Waals surface area contributed by atoms with Crippen molar-refractivity contribution >= 4 is 22.7 Å². The van der Waals surface area contributed by atoms with E-state index in [0.29, 0.717) is 59.3 Å². The summed E-state index contributed by atoms with van der Waals surface area (Å²) in [5.41, 5.74) is 1.54. The largest absolute Gasteiger partial charge is 0.351 e. The quantitative estimate of drug-likeness (QED) is 0.591. The van der Waals surface area contributed by atoms with Gasteiger partial charge in [-0.05, 0) is 43.5 Å². The number of aryl methyl sites for hydroxylation is 1. The maximum absolute atomic E-state index is 13.9. The van der Waals surface area contributed by atoms with Crippen LogP contribution in [-0.2, 0) is 17.8 Å². The minimum absolute atomic E-state index is 0.158. The topological polar surface area (TPSA) is 92.3 Å². The molecule has 0 bridgehead atoms. The standard InChI is InChI=1S/C22H22F3N5O3/c1-12-13-8-17(27-16(13)3-2-15(12)23)20(32)29-6-7-30-18(10-29)14(9-26-30)19(31)28-22(4-5-22)11-33-21(24)25/h2-3,8-9,21,27H,4-7,10-11H2,1H3,(H,28,31). The second-order valence-electron chi connectivity index (χ2n) is 8.58. The van der Waals surface area contributed by atoms with Crippen LogP contribution in [0.15, 0.2) is 24.4 Å². The molecule has 2 N–H and O–H groups in total. The van der Waals surface area contributed by atoms with Crippen LogP contribution in [0.3, 0.4) is 0 Å². The molecule has 1 fully saturated rings. The minimum atomic E-state index is -2.90. The molecule has 0 radical (unpaired) electrons. The lowest BCUT2D eigenvalue weighted by molar-refractivity contribution is -0.135. The molecule has 8 nitrogen and oxygen atoms in total. The Morgan fingerprint density at radius 3 is 2.82 bits per heavy atom. The summed E-state index contributed by atoms with van der Waals surface area (Å²) >= 11 is 0. The zero-order valence-corrected chi connectivity index (χ0v) is 17.8. The van der Waals surface area contributed by atoms with Gasteiger partial charge in [0.15, 0.2) is 0 Å². The van der Waals surface area contributed by atoms with E-state index in [2.05, 4.69) is 20.1 Å². The number of alkyl halides is 2. The first-order chi connectivity index (χ1) is 15.8. The Morgan fingerprint density at radius 1 is 1.30 bits per heavy atom. The Labute approximate surface area is 186 Å². The number of amides is 2. The van der Waals surface area contributed by atoms with Crippen molar-refractivity contribution in [1.82, 2.24) is 25.0 Å². The average Bonchev–Trinajstić information content (AvgIpc) is 3.21. The first-order valence-electron chi connectivity index (χ1n) is 10.6. The van der Waals surface area contributed by atoms with Gasteiger partial charge in [-0.25, -0.2) is 4.39 Å². The van der Waals surface area contributed by atoms with Crippen LogP contribution in [0.5, 0.6) is 0 Å². The third-order valence-electron chi connectivity index (χ3n) is 6.36. The van der Waals surface area contributed by atoms with E-state index in [1.165, 1.54) is 12.3 Å². The number of nitrogens with one attached hydrogen (secondary N) is 2. The summed E-state index contributed by atoms with van der Waals surface area (Å²) in [4.78, 5) is 30.6. The third-order valence-corrected chi connectivity index (χ3v) is 6.36. The highest BCUT2D eigenvalue weighted by molar-refractivity contribution is 5.99. The highest BCUT2D eigenvalue weighted by Crippen LogP contribution is 2.36. The fraction of sp³-hybridized carbons (Fsp3) is 0.409. The first-order valence-corrected chi connectivity index (χ1v) is 10.6. The van der Waals surface area contributed by atoms with E-state index < -0.39 is 18.1 Å². The van der Waals surface area contributed by atoms with Crippen LogP contribution in [0, 0.1) is 12.7 Å². The number of rotatable bonds is 6. The summed E-state index contributed by atoms with van der Waals surface area (Å²) in [6.07, 6.45) is 2.54. The fourth-order valence-corrected chi connectivity index (χ4v) is 4.20. The summed E-state index contributed by atoms with van der Waals surface area (Å²) in [5, 5.41) is 7.67. The average molecular weight is 461 g/mol. The molecule has 3 heterocycles. The van der Waals surface area contributed by atoms with Gasteiger partial charge >= 0.3 is 6.61 Å². The highest BCUT2D eigenvalue weighted by Gasteiger charge is 2.45. The van der Waals surface area contributed by atoms with E-state index in [4.69, 9.17) is 0 Å². The van der Waals surface area contributed by atoms with Crippen molar-refractivity contribution in [2.75, 3.05) is 13.2 Å². The predicted octanol–water partition coefficient (Wildman–Crippen LogP) is 2.97. The lowest BCUT2D eigenvalue weighted by Gasteiger charge is -2.28. The molecule has 2 amide bonds. The van der Waals surface area contributed by atoms with E-state index in [-0.39, 0.29) is 24.9 Å². The van der Waals surface area contributed by atoms with Crippen LogP contribution in [0.2, 0.25) is 0 Å². The van der Waals surface area contributed by atoms with Gasteiger partial charge in [0.2, 0.25) is 0 Å². The van der Waals surface area contributed by atoms with Gasteiger partial charge in [0.05, 0.1) is 42.7 Å². The predicted molar refractivity (Wildman–Crippen MR) is 111 cm³/mol. The SMILES string of the molecule is Cc1c(F)ccc2[nH]c(C(=O)N3CCn4ncc(C(=O)NC5(COC(F)F)CC5)c4C3)cc12. The molecule has 5 rings (SSSR count). The molecule has 1 saturated carbocycles. The van der Waals surface area contributed by atoms with Crippen molar-refractivity contribution in [1.29, 1.82) is 0 Å². The Bertz CT molecular complexity index is 1250. The first kappa shape index (κ1) is 21.5. The molecule has 0 spiro atoms. The van der Waals surface area contributed by atoms with Crippen molar-refractivity contribution in [2.45, 2.75) is 45.0 Å². The summed E-state index contributed by atoms with van der Waals surface area (Å²) in [5.74, 6) is -1.04. The lowest BCUT2D eigenvalue weighted by atomic mass is 10.1. The second-order valence-corrected chi connectivity index (χ2v) is 8.58. The normalized spacial score (nSPS) is 16.8. The van der Waals surface area contributed by atoms with Crippen molar-refractivity contribution in [2.24, 2.45) is 0 Å². The molecule has 11 heteroatoms. The van der Waals surface area contributed by atoms with Crippen LogP contribution in [-0.4, -0.2) is 56.8 Å². The highest BCUT2D eigenvalue weighted by atomic mass is 19.3. The molecule has 0 saturated heterocycles. The maximum atomic E-state index is 13.9. The number of carbonyl (C=O) groups excluding carboxylic acids is 2. The van der Waals surface area contributed by atoms with Crippen molar-refractivity contribution in [3.63, 3.8) is 0 Å². The van der Waals surface area contributed by atoms with Gasteiger partial charge in [0.1, 0.15) is 11.5 Å². The number of carbonyl (C=O) groups is 2. The minimum Gasteiger partial charge on any atom is -0.351 e. The molecule has 2 aromatic heterocycles. The molecule has 1 aliphatic heterocycles. The third kappa shape index (κ3) is 3.97. The number of aromatic nitrogens is 3. The molecule has 174 valence electrons. The van der Waals surface area contributed by atoms with E-state index in [9.17, 15) is 22.8 Å².